The molecular formula is C25H23ClN2O6S. The summed E-state index contributed by atoms with van der Waals surface area (Å²) in [4.78, 5) is 14.6. The number of amidine groups is 1. The molecule has 0 radical (unpaired) electrons. The van der Waals surface area contributed by atoms with Gasteiger partial charge < -0.3 is 19.1 Å². The zero-order valence-electron chi connectivity index (χ0n) is 19.0. The molecule has 1 aliphatic rings. The molecule has 1 heterocycles. The number of carbonyl (C=O) groups is 1. The molecule has 0 bridgehead atoms. The highest BCUT2D eigenvalue weighted by atomic mass is 35.5. The van der Waals surface area contributed by atoms with Crippen LogP contribution in [0.1, 0.15) is 15.9 Å². The van der Waals surface area contributed by atoms with Gasteiger partial charge in [-0.25, -0.2) is 4.79 Å². The summed E-state index contributed by atoms with van der Waals surface area (Å²) in [5.74, 6) is 0.964. The second-order valence-electron chi connectivity index (χ2n) is 7.79. The van der Waals surface area contributed by atoms with Gasteiger partial charge in [-0.15, -0.1) is 4.40 Å². The molecule has 0 saturated heterocycles. The van der Waals surface area contributed by atoms with Gasteiger partial charge in [-0.2, -0.15) is 8.42 Å². The third kappa shape index (κ3) is 5.75. The van der Waals surface area contributed by atoms with Crippen LogP contribution in [0.5, 0.6) is 11.5 Å². The SMILES string of the molecule is COc1ccc(OC[C@@H](CN(C)C2=NS(=O)(=O)c3ccccc32)OC(=O)c2ccc(Cl)cc2)cc1. The summed E-state index contributed by atoms with van der Waals surface area (Å²) in [7, 11) is -0.526. The number of halogens is 1. The van der Waals surface area contributed by atoms with Crippen molar-refractivity contribution in [3.63, 3.8) is 0 Å². The van der Waals surface area contributed by atoms with Crippen LogP contribution in [-0.2, 0) is 14.8 Å². The van der Waals surface area contributed by atoms with E-state index in [1.807, 2.05) is 0 Å². The normalized spacial score (nSPS) is 14.4. The van der Waals surface area contributed by atoms with E-state index >= 15 is 0 Å². The van der Waals surface area contributed by atoms with E-state index in [2.05, 4.69) is 4.40 Å². The number of benzene rings is 3. The van der Waals surface area contributed by atoms with Crippen LogP contribution in [0.4, 0.5) is 0 Å². The first-order valence-electron chi connectivity index (χ1n) is 10.7. The van der Waals surface area contributed by atoms with Gasteiger partial charge in [-0.3, -0.25) is 0 Å². The van der Waals surface area contributed by atoms with Crippen LogP contribution in [0, 0.1) is 0 Å². The zero-order chi connectivity index (χ0) is 25.0. The molecule has 10 heteroatoms. The van der Waals surface area contributed by atoms with Crippen molar-refractivity contribution in [1.29, 1.82) is 0 Å². The largest absolute Gasteiger partial charge is 0.497 e. The molecule has 0 saturated carbocycles. The lowest BCUT2D eigenvalue weighted by Gasteiger charge is -2.26. The molecule has 35 heavy (non-hydrogen) atoms. The predicted octanol–water partition coefficient (Wildman–Crippen LogP) is 4.03. The lowest BCUT2D eigenvalue weighted by molar-refractivity contribution is 0.0130. The first-order chi connectivity index (χ1) is 16.8. The van der Waals surface area contributed by atoms with Crippen molar-refractivity contribution in [2.45, 2.75) is 11.0 Å². The molecule has 0 aliphatic carbocycles. The van der Waals surface area contributed by atoms with Crippen molar-refractivity contribution in [3.05, 3.63) is 88.9 Å². The first-order valence-corrected chi connectivity index (χ1v) is 12.5. The number of methoxy groups -OCH3 is 1. The number of sulfonamides is 1. The van der Waals surface area contributed by atoms with Gasteiger partial charge in [-0.1, -0.05) is 23.7 Å². The summed E-state index contributed by atoms with van der Waals surface area (Å²) < 4.78 is 45.6. The maximum Gasteiger partial charge on any atom is 0.338 e. The van der Waals surface area contributed by atoms with Crippen LogP contribution >= 0.6 is 11.6 Å². The van der Waals surface area contributed by atoms with Crippen LogP contribution in [0.2, 0.25) is 5.02 Å². The molecule has 8 nitrogen and oxygen atoms in total. The minimum atomic E-state index is -3.78. The van der Waals surface area contributed by atoms with Gasteiger partial charge in [0.1, 0.15) is 23.0 Å². The monoisotopic (exact) mass is 514 g/mol. The topological polar surface area (TPSA) is 94.5 Å². The zero-order valence-corrected chi connectivity index (χ0v) is 20.6. The van der Waals surface area contributed by atoms with E-state index in [9.17, 15) is 13.2 Å². The van der Waals surface area contributed by atoms with E-state index in [1.54, 1.807) is 85.8 Å². The fraction of sp³-hybridized carbons (Fsp3) is 0.200. The van der Waals surface area contributed by atoms with E-state index in [4.69, 9.17) is 25.8 Å². The van der Waals surface area contributed by atoms with Gasteiger partial charge in [0.15, 0.2) is 11.9 Å². The molecule has 0 fully saturated rings. The quantitative estimate of drug-likeness (QED) is 0.419. The Bertz CT molecular complexity index is 1340. The van der Waals surface area contributed by atoms with E-state index < -0.39 is 22.1 Å². The number of likely N-dealkylation sites (N-methyl/N-ethyl adjacent to an activating group) is 1. The Morgan fingerprint density at radius 3 is 2.34 bits per heavy atom. The highest BCUT2D eigenvalue weighted by Gasteiger charge is 2.32. The van der Waals surface area contributed by atoms with E-state index in [0.29, 0.717) is 27.6 Å². The predicted molar refractivity (Wildman–Crippen MR) is 132 cm³/mol. The number of ether oxygens (including phenoxy) is 3. The van der Waals surface area contributed by atoms with Crippen molar-refractivity contribution in [1.82, 2.24) is 4.90 Å². The molecule has 182 valence electrons. The molecule has 1 aliphatic heterocycles. The van der Waals surface area contributed by atoms with Gasteiger partial charge in [0.25, 0.3) is 10.0 Å². The van der Waals surface area contributed by atoms with Gasteiger partial charge in [0, 0.05) is 17.6 Å². The van der Waals surface area contributed by atoms with Crippen molar-refractivity contribution in [2.75, 3.05) is 27.3 Å². The fourth-order valence-electron chi connectivity index (χ4n) is 3.55. The summed E-state index contributed by atoms with van der Waals surface area (Å²) in [5, 5.41) is 0.500. The molecule has 0 amide bonds. The Hall–Kier alpha value is -3.56. The number of rotatable bonds is 8. The number of esters is 1. The van der Waals surface area contributed by atoms with E-state index in [-0.39, 0.29) is 23.9 Å². The molecule has 0 unspecified atom stereocenters. The molecule has 0 spiro atoms. The average molecular weight is 515 g/mol. The maximum absolute atomic E-state index is 12.8. The summed E-state index contributed by atoms with van der Waals surface area (Å²) in [6.07, 6.45) is -0.747. The van der Waals surface area contributed by atoms with Gasteiger partial charge in [0.2, 0.25) is 0 Å². The minimum Gasteiger partial charge on any atom is -0.497 e. The standard InChI is InChI=1S/C25H23ClN2O6S/c1-28(24-22-5-3-4-6-23(22)35(30,31)27-24)15-21(16-33-20-13-11-19(32-2)12-14-20)34-25(29)17-7-9-18(26)10-8-17/h3-14,21H,15-16H2,1-2H3/t21-/m1/s1. The molecular weight excluding hydrogens is 492 g/mol. The number of hydrogen-bond acceptors (Lipinski definition) is 7. The van der Waals surface area contributed by atoms with Crippen LogP contribution in [0.25, 0.3) is 0 Å². The van der Waals surface area contributed by atoms with Crippen LogP contribution in [0.15, 0.2) is 82.1 Å². The first kappa shape index (κ1) is 24.6. The molecule has 3 aromatic carbocycles. The highest BCUT2D eigenvalue weighted by Crippen LogP contribution is 2.27. The van der Waals surface area contributed by atoms with Gasteiger partial charge in [0.05, 0.1) is 19.2 Å². The lowest BCUT2D eigenvalue weighted by Crippen LogP contribution is -2.39. The van der Waals surface area contributed by atoms with Gasteiger partial charge >= 0.3 is 5.97 Å². The molecule has 0 aromatic heterocycles. The number of hydrogen-bond donors (Lipinski definition) is 0. The smallest absolute Gasteiger partial charge is 0.338 e. The second-order valence-corrected chi connectivity index (χ2v) is 9.80. The Morgan fingerprint density at radius 1 is 1.00 bits per heavy atom. The summed E-state index contributed by atoms with van der Waals surface area (Å²) >= 11 is 5.92. The van der Waals surface area contributed by atoms with Crippen molar-refractivity contribution in [2.24, 2.45) is 4.40 Å². The van der Waals surface area contributed by atoms with Crippen LogP contribution in [-0.4, -0.2) is 58.5 Å². The minimum absolute atomic E-state index is 0.0255. The Balaban J connectivity index is 1.53. The summed E-state index contributed by atoms with van der Waals surface area (Å²) in [6, 6.07) is 19.9. The van der Waals surface area contributed by atoms with Crippen molar-refractivity contribution in [3.8, 4) is 11.5 Å². The number of fused-ring (bicyclic) bond motifs is 1. The number of nitrogens with zero attached hydrogens (tertiary/aromatic N) is 2. The fourth-order valence-corrected chi connectivity index (χ4v) is 4.92. The molecule has 3 aromatic rings. The second kappa shape index (κ2) is 10.4. The Morgan fingerprint density at radius 2 is 1.66 bits per heavy atom. The maximum atomic E-state index is 12.8. The van der Waals surface area contributed by atoms with Gasteiger partial charge in [-0.05, 0) is 60.7 Å². The lowest BCUT2D eigenvalue weighted by atomic mass is 10.2. The van der Waals surface area contributed by atoms with Crippen LogP contribution < -0.4 is 9.47 Å². The summed E-state index contributed by atoms with van der Waals surface area (Å²) in [5.41, 5.74) is 0.825. The average Bonchev–Trinajstić information content (AvgIpc) is 3.14. The summed E-state index contributed by atoms with van der Waals surface area (Å²) in [6.45, 7) is 0.163. The molecule has 0 N–H and O–H groups in total. The van der Waals surface area contributed by atoms with E-state index in [1.165, 1.54) is 6.07 Å². The van der Waals surface area contributed by atoms with Crippen molar-refractivity contribution < 1.29 is 27.4 Å². The number of carbonyl (C=O) groups excluding carboxylic acids is 1. The van der Waals surface area contributed by atoms with Crippen molar-refractivity contribution >= 4 is 33.4 Å². The van der Waals surface area contributed by atoms with Crippen LogP contribution in [0.3, 0.4) is 0 Å². The highest BCUT2D eigenvalue weighted by molar-refractivity contribution is 7.90. The molecule has 1 atom stereocenters. The van der Waals surface area contributed by atoms with E-state index in [0.717, 1.165) is 0 Å². The molecule has 4 rings (SSSR count). The Kier molecular flexibility index (Phi) is 7.28. The third-order valence-corrected chi connectivity index (χ3v) is 6.88. The Labute approximate surface area is 208 Å². The third-order valence-electron chi connectivity index (χ3n) is 5.30.